The Labute approximate surface area is 97.9 Å². The van der Waals surface area contributed by atoms with E-state index in [0.717, 1.165) is 19.3 Å². The van der Waals surface area contributed by atoms with Crippen molar-refractivity contribution < 1.29 is 4.39 Å². The molecule has 0 nitrogen and oxygen atoms in total. The summed E-state index contributed by atoms with van der Waals surface area (Å²) in [7, 11) is 0. The third-order valence-electron chi connectivity index (χ3n) is 3.76. The van der Waals surface area contributed by atoms with Crippen LogP contribution in [0, 0.1) is 5.41 Å². The van der Waals surface area contributed by atoms with E-state index in [-0.39, 0.29) is 5.41 Å². The summed E-state index contributed by atoms with van der Waals surface area (Å²) in [6.45, 7) is 6.18. The minimum atomic E-state index is -0.912. The van der Waals surface area contributed by atoms with Crippen molar-refractivity contribution in [3.05, 3.63) is 35.9 Å². The second-order valence-electron chi connectivity index (χ2n) is 6.09. The van der Waals surface area contributed by atoms with E-state index in [9.17, 15) is 4.39 Å². The lowest BCUT2D eigenvalue weighted by Crippen LogP contribution is -2.45. The van der Waals surface area contributed by atoms with Crippen molar-refractivity contribution in [3.8, 4) is 0 Å². The smallest absolute Gasteiger partial charge is 0.109 e. The van der Waals surface area contributed by atoms with Crippen LogP contribution < -0.4 is 0 Å². The molecule has 88 valence electrons. The number of hydrogen-bond donors (Lipinski definition) is 0. The first-order chi connectivity index (χ1) is 7.40. The van der Waals surface area contributed by atoms with E-state index in [1.165, 1.54) is 5.56 Å². The number of alkyl halides is 1. The van der Waals surface area contributed by atoms with Gasteiger partial charge in [-0.3, -0.25) is 0 Å². The van der Waals surface area contributed by atoms with Gasteiger partial charge in [0.15, 0.2) is 0 Å². The molecule has 1 aliphatic carbocycles. The molecule has 1 aliphatic rings. The zero-order chi connectivity index (χ0) is 11.8. The normalized spacial score (nSPS) is 35.5. The standard InChI is InChI=1S/C15H21F/c1-12(13-7-5-4-6-8-13)9-14(2)10-15(3,16)11-14/h4-8,12H,9-11H2,1-3H3. The third-order valence-corrected chi connectivity index (χ3v) is 3.76. The van der Waals surface area contributed by atoms with Gasteiger partial charge in [-0.15, -0.1) is 0 Å². The van der Waals surface area contributed by atoms with Crippen molar-refractivity contribution in [1.82, 2.24) is 0 Å². The molecule has 0 aliphatic heterocycles. The van der Waals surface area contributed by atoms with Crippen LogP contribution in [-0.2, 0) is 0 Å². The molecule has 1 unspecified atom stereocenters. The van der Waals surface area contributed by atoms with E-state index in [1.54, 1.807) is 6.92 Å². The molecule has 0 aromatic heterocycles. The van der Waals surface area contributed by atoms with Crippen LogP contribution in [0.2, 0.25) is 0 Å². The number of halogens is 1. The lowest BCUT2D eigenvalue weighted by molar-refractivity contribution is -0.0503. The first kappa shape index (κ1) is 11.6. The summed E-state index contributed by atoms with van der Waals surface area (Å²) in [4.78, 5) is 0. The van der Waals surface area contributed by atoms with Crippen molar-refractivity contribution in [2.24, 2.45) is 5.41 Å². The molecule has 0 heterocycles. The highest BCUT2D eigenvalue weighted by Crippen LogP contribution is 2.54. The van der Waals surface area contributed by atoms with Gasteiger partial charge in [0.2, 0.25) is 0 Å². The van der Waals surface area contributed by atoms with Gasteiger partial charge in [0.1, 0.15) is 5.67 Å². The van der Waals surface area contributed by atoms with Crippen LogP contribution in [-0.4, -0.2) is 5.67 Å². The average molecular weight is 220 g/mol. The van der Waals surface area contributed by atoms with Crippen LogP contribution in [0.15, 0.2) is 30.3 Å². The molecule has 1 heteroatoms. The largest absolute Gasteiger partial charge is 0.244 e. The molecule has 0 amide bonds. The predicted molar refractivity (Wildman–Crippen MR) is 66.3 cm³/mol. The zero-order valence-electron chi connectivity index (χ0n) is 10.5. The first-order valence-electron chi connectivity index (χ1n) is 6.14. The molecule has 1 aromatic carbocycles. The fourth-order valence-corrected chi connectivity index (χ4v) is 3.51. The van der Waals surface area contributed by atoms with Crippen LogP contribution in [0.1, 0.15) is 51.5 Å². The summed E-state index contributed by atoms with van der Waals surface area (Å²) in [5.74, 6) is 0.530. The summed E-state index contributed by atoms with van der Waals surface area (Å²) < 4.78 is 13.6. The van der Waals surface area contributed by atoms with Crippen molar-refractivity contribution in [1.29, 1.82) is 0 Å². The molecule has 1 fully saturated rings. The van der Waals surface area contributed by atoms with Crippen LogP contribution in [0.25, 0.3) is 0 Å². The Balaban J connectivity index is 1.96. The number of rotatable bonds is 3. The van der Waals surface area contributed by atoms with E-state index < -0.39 is 5.67 Å². The molecule has 0 saturated heterocycles. The fourth-order valence-electron chi connectivity index (χ4n) is 3.51. The Morgan fingerprint density at radius 3 is 2.25 bits per heavy atom. The van der Waals surface area contributed by atoms with Gasteiger partial charge in [0, 0.05) is 0 Å². The van der Waals surface area contributed by atoms with E-state index in [0.29, 0.717) is 5.92 Å². The monoisotopic (exact) mass is 220 g/mol. The van der Waals surface area contributed by atoms with Crippen LogP contribution in [0.5, 0.6) is 0 Å². The lowest BCUT2D eigenvalue weighted by atomic mass is 9.58. The molecule has 1 saturated carbocycles. The molecule has 0 N–H and O–H groups in total. The Morgan fingerprint density at radius 2 is 1.75 bits per heavy atom. The molecule has 2 rings (SSSR count). The highest BCUT2D eigenvalue weighted by molar-refractivity contribution is 5.19. The zero-order valence-corrected chi connectivity index (χ0v) is 10.5. The molecule has 16 heavy (non-hydrogen) atoms. The van der Waals surface area contributed by atoms with E-state index >= 15 is 0 Å². The first-order valence-corrected chi connectivity index (χ1v) is 6.14. The average Bonchev–Trinajstić information content (AvgIpc) is 2.15. The van der Waals surface area contributed by atoms with E-state index in [4.69, 9.17) is 0 Å². The molecule has 0 radical (unpaired) electrons. The molecule has 0 bridgehead atoms. The Morgan fingerprint density at radius 1 is 1.19 bits per heavy atom. The summed E-state index contributed by atoms with van der Waals surface area (Å²) in [6.07, 6.45) is 2.53. The van der Waals surface area contributed by atoms with E-state index in [2.05, 4.69) is 38.1 Å². The second kappa shape index (κ2) is 3.87. The molecular weight excluding hydrogens is 199 g/mol. The van der Waals surface area contributed by atoms with Crippen molar-refractivity contribution in [2.45, 2.75) is 51.6 Å². The summed E-state index contributed by atoms with van der Waals surface area (Å²) in [6, 6.07) is 10.5. The minimum absolute atomic E-state index is 0.207. The van der Waals surface area contributed by atoms with Crippen molar-refractivity contribution in [3.63, 3.8) is 0 Å². The summed E-state index contributed by atoms with van der Waals surface area (Å²) in [5.41, 5.74) is 0.667. The minimum Gasteiger partial charge on any atom is -0.244 e. The van der Waals surface area contributed by atoms with Gasteiger partial charge < -0.3 is 0 Å². The van der Waals surface area contributed by atoms with Gasteiger partial charge >= 0.3 is 0 Å². The molecular formula is C15H21F. The predicted octanol–water partition coefficient (Wildman–Crippen LogP) is 4.71. The van der Waals surface area contributed by atoms with Gasteiger partial charge in [0.05, 0.1) is 0 Å². The maximum atomic E-state index is 13.6. The highest BCUT2D eigenvalue weighted by atomic mass is 19.1. The van der Waals surface area contributed by atoms with E-state index in [1.807, 2.05) is 6.07 Å². The van der Waals surface area contributed by atoms with Gasteiger partial charge in [0.25, 0.3) is 0 Å². The molecule has 0 spiro atoms. The molecule has 1 atom stereocenters. The summed E-state index contributed by atoms with van der Waals surface area (Å²) in [5, 5.41) is 0. The Kier molecular flexibility index (Phi) is 2.81. The van der Waals surface area contributed by atoms with Crippen molar-refractivity contribution in [2.75, 3.05) is 0 Å². The Hall–Kier alpha value is -0.850. The lowest BCUT2D eigenvalue weighted by Gasteiger charge is -2.49. The maximum Gasteiger partial charge on any atom is 0.109 e. The second-order valence-corrected chi connectivity index (χ2v) is 6.09. The number of benzene rings is 1. The topological polar surface area (TPSA) is 0 Å². The quantitative estimate of drug-likeness (QED) is 0.692. The van der Waals surface area contributed by atoms with Gasteiger partial charge in [-0.2, -0.15) is 0 Å². The van der Waals surface area contributed by atoms with Gasteiger partial charge in [-0.05, 0) is 43.1 Å². The van der Waals surface area contributed by atoms with Gasteiger partial charge in [-0.25, -0.2) is 4.39 Å². The van der Waals surface area contributed by atoms with Crippen LogP contribution in [0.4, 0.5) is 4.39 Å². The van der Waals surface area contributed by atoms with Crippen LogP contribution >= 0.6 is 0 Å². The fraction of sp³-hybridized carbons (Fsp3) is 0.600. The number of hydrogen-bond acceptors (Lipinski definition) is 0. The van der Waals surface area contributed by atoms with Crippen LogP contribution in [0.3, 0.4) is 0 Å². The summed E-state index contributed by atoms with van der Waals surface area (Å²) >= 11 is 0. The maximum absolute atomic E-state index is 13.6. The third kappa shape index (κ3) is 2.45. The Bertz CT molecular complexity index is 345. The van der Waals surface area contributed by atoms with Gasteiger partial charge in [-0.1, -0.05) is 44.2 Å². The molecule has 1 aromatic rings. The van der Waals surface area contributed by atoms with Crippen molar-refractivity contribution >= 4 is 0 Å². The SMILES string of the molecule is CC(CC1(C)CC(C)(F)C1)c1ccccc1. The highest BCUT2D eigenvalue weighted by Gasteiger charge is 2.49.